The molecular formula is C13H17N3O2. The Kier molecular flexibility index (Phi) is 2.63. The van der Waals surface area contributed by atoms with Gasteiger partial charge >= 0.3 is 0 Å². The number of nitrogens with two attached hydrogens (primary N) is 1. The minimum atomic E-state index is -0.226. The first-order valence-electron chi connectivity index (χ1n) is 6.23. The van der Waals surface area contributed by atoms with Crippen molar-refractivity contribution in [3.63, 3.8) is 0 Å². The minimum absolute atomic E-state index is 0.226. The Balaban J connectivity index is 1.93. The van der Waals surface area contributed by atoms with E-state index < -0.39 is 0 Å². The molecule has 2 unspecified atom stereocenters. The Morgan fingerprint density at radius 2 is 2.33 bits per heavy atom. The number of anilines is 2. The van der Waals surface area contributed by atoms with Gasteiger partial charge in [0.2, 0.25) is 0 Å². The van der Waals surface area contributed by atoms with Crippen LogP contribution in [0.5, 0.6) is 0 Å². The van der Waals surface area contributed by atoms with E-state index in [0.29, 0.717) is 22.8 Å². The molecule has 1 saturated heterocycles. The van der Waals surface area contributed by atoms with Crippen molar-refractivity contribution in [1.82, 2.24) is 4.98 Å². The number of para-hydroxylation sites is 1. The highest BCUT2D eigenvalue weighted by atomic mass is 16.4. The summed E-state index contributed by atoms with van der Waals surface area (Å²) in [6.07, 6.45) is 0.519. The van der Waals surface area contributed by atoms with Crippen LogP contribution >= 0.6 is 0 Å². The number of aromatic nitrogens is 1. The fraction of sp³-hybridized carbons (Fsp3) is 0.462. The summed E-state index contributed by atoms with van der Waals surface area (Å²) in [5.74, 6) is 0.228. The number of oxazole rings is 1. The zero-order chi connectivity index (χ0) is 12.7. The van der Waals surface area contributed by atoms with E-state index in [1.165, 1.54) is 0 Å². The van der Waals surface area contributed by atoms with Crippen molar-refractivity contribution < 1.29 is 9.52 Å². The van der Waals surface area contributed by atoms with Gasteiger partial charge in [-0.15, -0.1) is 0 Å². The molecule has 1 aliphatic heterocycles. The summed E-state index contributed by atoms with van der Waals surface area (Å²) < 4.78 is 5.73. The van der Waals surface area contributed by atoms with E-state index in [0.717, 1.165) is 19.5 Å². The molecule has 96 valence electrons. The first kappa shape index (κ1) is 11.3. The normalized spacial score (nSPS) is 24.7. The summed E-state index contributed by atoms with van der Waals surface area (Å²) in [6.45, 7) is 3.56. The zero-order valence-electron chi connectivity index (χ0n) is 10.3. The average Bonchev–Trinajstić information content (AvgIpc) is 2.78. The summed E-state index contributed by atoms with van der Waals surface area (Å²) in [7, 11) is 0. The van der Waals surface area contributed by atoms with E-state index >= 15 is 0 Å². The number of hydrogen-bond donors (Lipinski definition) is 2. The largest absolute Gasteiger partial charge is 0.423 e. The number of nitrogens with zero attached hydrogens (tertiary/aromatic N) is 2. The van der Waals surface area contributed by atoms with Crippen LogP contribution in [0.3, 0.4) is 0 Å². The van der Waals surface area contributed by atoms with Crippen molar-refractivity contribution in [3.05, 3.63) is 18.2 Å². The molecule has 2 heterocycles. The molecule has 3 rings (SSSR count). The van der Waals surface area contributed by atoms with Crippen molar-refractivity contribution >= 4 is 22.8 Å². The van der Waals surface area contributed by atoms with Crippen LogP contribution in [0.15, 0.2) is 22.6 Å². The lowest BCUT2D eigenvalue weighted by atomic mass is 9.97. The fourth-order valence-electron chi connectivity index (χ4n) is 2.40. The van der Waals surface area contributed by atoms with Gasteiger partial charge in [-0.2, -0.15) is 4.98 Å². The maximum absolute atomic E-state index is 9.73. The molecular weight excluding hydrogens is 230 g/mol. The number of benzene rings is 1. The van der Waals surface area contributed by atoms with E-state index in [9.17, 15) is 5.11 Å². The van der Waals surface area contributed by atoms with Crippen molar-refractivity contribution in [2.45, 2.75) is 19.4 Å². The molecule has 1 aromatic heterocycles. The maximum atomic E-state index is 9.73. The molecule has 5 nitrogen and oxygen atoms in total. The number of nitrogen functional groups attached to an aromatic ring is 1. The van der Waals surface area contributed by atoms with E-state index in [-0.39, 0.29) is 12.0 Å². The molecule has 0 amide bonds. The third kappa shape index (κ3) is 1.80. The molecule has 3 N–H and O–H groups in total. The number of hydrogen-bond acceptors (Lipinski definition) is 5. The maximum Gasteiger partial charge on any atom is 0.298 e. The molecule has 0 radical (unpaired) electrons. The van der Waals surface area contributed by atoms with Crippen LogP contribution in [0.1, 0.15) is 13.3 Å². The zero-order valence-corrected chi connectivity index (χ0v) is 10.3. The first-order valence-corrected chi connectivity index (χ1v) is 6.23. The van der Waals surface area contributed by atoms with Gasteiger partial charge in [0, 0.05) is 13.1 Å². The van der Waals surface area contributed by atoms with Crippen molar-refractivity contribution in [2.75, 3.05) is 23.7 Å². The highest BCUT2D eigenvalue weighted by Crippen LogP contribution is 2.28. The number of aliphatic hydroxyl groups excluding tert-OH is 1. The second-order valence-electron chi connectivity index (χ2n) is 4.97. The lowest BCUT2D eigenvalue weighted by Gasteiger charge is -2.33. The highest BCUT2D eigenvalue weighted by molar-refractivity contribution is 5.86. The lowest BCUT2D eigenvalue weighted by Crippen LogP contribution is -2.42. The molecule has 0 aliphatic carbocycles. The lowest BCUT2D eigenvalue weighted by molar-refractivity contribution is 0.0957. The van der Waals surface area contributed by atoms with Crippen LogP contribution in [-0.4, -0.2) is 29.3 Å². The third-order valence-electron chi connectivity index (χ3n) is 3.57. The molecule has 0 spiro atoms. The Bertz CT molecular complexity index is 566. The van der Waals surface area contributed by atoms with Crippen molar-refractivity contribution in [2.24, 2.45) is 5.92 Å². The summed E-state index contributed by atoms with van der Waals surface area (Å²) in [4.78, 5) is 6.51. The Labute approximate surface area is 105 Å². The molecule has 2 aromatic rings. The van der Waals surface area contributed by atoms with Gasteiger partial charge in [0.25, 0.3) is 6.01 Å². The predicted molar refractivity (Wildman–Crippen MR) is 70.4 cm³/mol. The molecule has 1 fully saturated rings. The second kappa shape index (κ2) is 4.17. The van der Waals surface area contributed by atoms with Crippen LogP contribution in [0.2, 0.25) is 0 Å². The van der Waals surface area contributed by atoms with Gasteiger partial charge in [-0.1, -0.05) is 13.0 Å². The molecule has 18 heavy (non-hydrogen) atoms. The Hall–Kier alpha value is -1.75. The standard InChI is InChI=1S/C13H17N3O2/c1-8-7-16(6-5-10(8)17)13-15-12-9(14)3-2-4-11(12)18-13/h2-4,8,10,17H,5-7,14H2,1H3. The van der Waals surface area contributed by atoms with Crippen LogP contribution in [-0.2, 0) is 0 Å². The van der Waals surface area contributed by atoms with Crippen LogP contribution in [0.4, 0.5) is 11.7 Å². The van der Waals surface area contributed by atoms with E-state index in [1.807, 2.05) is 25.1 Å². The Morgan fingerprint density at radius 1 is 1.50 bits per heavy atom. The van der Waals surface area contributed by atoms with Gasteiger partial charge in [-0.25, -0.2) is 0 Å². The summed E-state index contributed by atoms with van der Waals surface area (Å²) in [5.41, 5.74) is 7.93. The van der Waals surface area contributed by atoms with Gasteiger partial charge in [-0.05, 0) is 24.5 Å². The first-order chi connectivity index (χ1) is 8.65. The smallest absolute Gasteiger partial charge is 0.298 e. The van der Waals surface area contributed by atoms with Gasteiger partial charge in [0.15, 0.2) is 5.58 Å². The van der Waals surface area contributed by atoms with Crippen LogP contribution in [0.25, 0.3) is 11.1 Å². The summed E-state index contributed by atoms with van der Waals surface area (Å²) in [6, 6.07) is 6.14. The van der Waals surface area contributed by atoms with Crippen LogP contribution in [0, 0.1) is 5.92 Å². The van der Waals surface area contributed by atoms with Crippen LogP contribution < -0.4 is 10.6 Å². The number of aliphatic hydroxyl groups is 1. The number of rotatable bonds is 1. The minimum Gasteiger partial charge on any atom is -0.423 e. The quantitative estimate of drug-likeness (QED) is 0.749. The van der Waals surface area contributed by atoms with Gasteiger partial charge in [0.1, 0.15) is 5.52 Å². The van der Waals surface area contributed by atoms with E-state index in [2.05, 4.69) is 9.88 Å². The Morgan fingerprint density at radius 3 is 3.06 bits per heavy atom. The fourth-order valence-corrected chi connectivity index (χ4v) is 2.40. The molecule has 5 heteroatoms. The number of fused-ring (bicyclic) bond motifs is 1. The van der Waals surface area contributed by atoms with E-state index in [1.54, 1.807) is 0 Å². The third-order valence-corrected chi connectivity index (χ3v) is 3.57. The average molecular weight is 247 g/mol. The van der Waals surface area contributed by atoms with Crippen molar-refractivity contribution in [1.29, 1.82) is 0 Å². The van der Waals surface area contributed by atoms with E-state index in [4.69, 9.17) is 10.2 Å². The topological polar surface area (TPSA) is 75.5 Å². The summed E-state index contributed by atoms with van der Waals surface area (Å²) in [5, 5.41) is 9.73. The molecule has 1 aromatic carbocycles. The predicted octanol–water partition coefficient (Wildman–Crippen LogP) is 1.62. The van der Waals surface area contributed by atoms with Crippen molar-refractivity contribution in [3.8, 4) is 0 Å². The summed E-state index contributed by atoms with van der Waals surface area (Å²) >= 11 is 0. The molecule has 2 atom stereocenters. The SMILES string of the molecule is CC1CN(c2nc3c(N)cccc3o2)CCC1O. The second-order valence-corrected chi connectivity index (χ2v) is 4.97. The molecule has 0 bridgehead atoms. The molecule has 1 aliphatic rings. The monoisotopic (exact) mass is 247 g/mol. The highest BCUT2D eigenvalue weighted by Gasteiger charge is 2.27. The molecule has 0 saturated carbocycles. The van der Waals surface area contributed by atoms with Gasteiger partial charge < -0.3 is 20.2 Å². The van der Waals surface area contributed by atoms with Gasteiger partial charge in [0.05, 0.1) is 11.8 Å². The van der Waals surface area contributed by atoms with Gasteiger partial charge in [-0.3, -0.25) is 0 Å². The number of piperidine rings is 1.